The zero-order valence-electron chi connectivity index (χ0n) is 10.4. The maximum Gasteiger partial charge on any atom is 0.0612 e. The third-order valence-electron chi connectivity index (χ3n) is 4.11. The number of piperidine rings is 1. The van der Waals surface area contributed by atoms with Gasteiger partial charge in [0.25, 0.3) is 0 Å². The first kappa shape index (κ1) is 12.6. The summed E-state index contributed by atoms with van der Waals surface area (Å²) in [4.78, 5) is 5.08. The maximum absolute atomic E-state index is 6.10. The summed E-state index contributed by atoms with van der Waals surface area (Å²) in [7, 11) is 0. The molecule has 0 N–H and O–H groups in total. The summed E-state index contributed by atoms with van der Waals surface area (Å²) in [5.41, 5.74) is 1.20. The van der Waals surface area contributed by atoms with Crippen molar-refractivity contribution in [1.29, 1.82) is 0 Å². The van der Waals surface area contributed by atoms with Gasteiger partial charge >= 0.3 is 0 Å². The fourth-order valence-electron chi connectivity index (χ4n) is 3.07. The van der Waals surface area contributed by atoms with E-state index in [0.717, 1.165) is 19.1 Å². The molecule has 0 aliphatic carbocycles. The first-order chi connectivity index (χ1) is 8.74. The summed E-state index contributed by atoms with van der Waals surface area (Å²) in [5.74, 6) is 0. The quantitative estimate of drug-likeness (QED) is 0.777. The Bertz CT molecular complexity index is 436. The Morgan fingerprint density at radius 2 is 1.89 bits per heavy atom. The van der Waals surface area contributed by atoms with E-state index in [9.17, 15) is 0 Å². The number of halogens is 2. The van der Waals surface area contributed by atoms with Gasteiger partial charge in [0.1, 0.15) is 0 Å². The van der Waals surface area contributed by atoms with Crippen molar-refractivity contribution in [2.24, 2.45) is 0 Å². The van der Waals surface area contributed by atoms with E-state index in [2.05, 4.69) is 15.9 Å². The van der Waals surface area contributed by atoms with Crippen LogP contribution < -0.4 is 4.90 Å². The number of anilines is 1. The van der Waals surface area contributed by atoms with E-state index in [1.54, 1.807) is 0 Å². The standard InChI is InChI=1S/C14H18Cl2N2/c15-13-5-4-11(9-14(13)16)18-8-7-17-6-2-1-3-12(17)10-18/h4-5,9,12H,1-3,6-8,10H2. The van der Waals surface area contributed by atoms with Crippen LogP contribution in [0.3, 0.4) is 0 Å². The van der Waals surface area contributed by atoms with E-state index in [0.29, 0.717) is 10.0 Å². The summed E-state index contributed by atoms with van der Waals surface area (Å²) in [6.07, 6.45) is 4.07. The van der Waals surface area contributed by atoms with E-state index in [1.165, 1.54) is 38.0 Å². The molecule has 0 aromatic heterocycles. The highest BCUT2D eigenvalue weighted by molar-refractivity contribution is 6.42. The molecule has 2 nitrogen and oxygen atoms in total. The van der Waals surface area contributed by atoms with Crippen molar-refractivity contribution < 1.29 is 0 Å². The topological polar surface area (TPSA) is 6.48 Å². The smallest absolute Gasteiger partial charge is 0.0612 e. The second-order valence-electron chi connectivity index (χ2n) is 5.23. The zero-order chi connectivity index (χ0) is 12.5. The molecule has 2 aliphatic heterocycles. The van der Waals surface area contributed by atoms with Crippen molar-refractivity contribution in [3.8, 4) is 0 Å². The Kier molecular flexibility index (Phi) is 3.69. The monoisotopic (exact) mass is 284 g/mol. The summed E-state index contributed by atoms with van der Waals surface area (Å²) in [5, 5.41) is 1.29. The molecule has 0 bridgehead atoms. The minimum absolute atomic E-state index is 0.636. The minimum atomic E-state index is 0.636. The second kappa shape index (κ2) is 5.28. The van der Waals surface area contributed by atoms with Crippen molar-refractivity contribution in [2.45, 2.75) is 25.3 Å². The number of rotatable bonds is 1. The predicted molar refractivity (Wildman–Crippen MR) is 77.9 cm³/mol. The molecule has 2 aliphatic rings. The summed E-state index contributed by atoms with van der Waals surface area (Å²) < 4.78 is 0. The fraction of sp³-hybridized carbons (Fsp3) is 0.571. The molecule has 0 spiro atoms. The van der Waals surface area contributed by atoms with Crippen LogP contribution in [0, 0.1) is 0 Å². The lowest BCUT2D eigenvalue weighted by atomic mass is 9.99. The molecule has 98 valence electrons. The Morgan fingerprint density at radius 1 is 1.00 bits per heavy atom. The Balaban J connectivity index is 1.75. The van der Waals surface area contributed by atoms with Gasteiger partial charge < -0.3 is 4.90 Å². The van der Waals surface area contributed by atoms with Gasteiger partial charge in [0, 0.05) is 31.4 Å². The van der Waals surface area contributed by atoms with Gasteiger partial charge in [-0.15, -0.1) is 0 Å². The Hall–Kier alpha value is -0.440. The fourth-order valence-corrected chi connectivity index (χ4v) is 3.36. The van der Waals surface area contributed by atoms with Gasteiger partial charge in [-0.25, -0.2) is 0 Å². The molecule has 0 saturated carbocycles. The third kappa shape index (κ3) is 2.47. The number of hydrogen-bond acceptors (Lipinski definition) is 2. The molecule has 2 fully saturated rings. The largest absolute Gasteiger partial charge is 0.369 e. The molecular weight excluding hydrogens is 267 g/mol. The minimum Gasteiger partial charge on any atom is -0.369 e. The van der Waals surface area contributed by atoms with Gasteiger partial charge in [-0.05, 0) is 37.6 Å². The molecule has 1 aromatic carbocycles. The number of fused-ring (bicyclic) bond motifs is 1. The van der Waals surface area contributed by atoms with Crippen LogP contribution in [0.5, 0.6) is 0 Å². The van der Waals surface area contributed by atoms with Gasteiger partial charge in [-0.1, -0.05) is 29.6 Å². The lowest BCUT2D eigenvalue weighted by Crippen LogP contribution is -2.54. The number of piperazine rings is 1. The van der Waals surface area contributed by atoms with Crippen molar-refractivity contribution >= 4 is 28.9 Å². The molecule has 2 saturated heterocycles. The van der Waals surface area contributed by atoms with Crippen molar-refractivity contribution in [3.05, 3.63) is 28.2 Å². The van der Waals surface area contributed by atoms with E-state index in [4.69, 9.17) is 23.2 Å². The lowest BCUT2D eigenvalue weighted by molar-refractivity contribution is 0.133. The van der Waals surface area contributed by atoms with Crippen molar-refractivity contribution in [3.63, 3.8) is 0 Å². The van der Waals surface area contributed by atoms with Crippen molar-refractivity contribution in [2.75, 3.05) is 31.1 Å². The van der Waals surface area contributed by atoms with Crippen molar-refractivity contribution in [1.82, 2.24) is 4.90 Å². The van der Waals surface area contributed by atoms with Crippen LogP contribution in [0.2, 0.25) is 10.0 Å². The molecule has 1 aromatic rings. The molecule has 0 radical (unpaired) electrons. The van der Waals surface area contributed by atoms with Gasteiger partial charge in [-0.3, -0.25) is 4.90 Å². The zero-order valence-corrected chi connectivity index (χ0v) is 11.9. The molecule has 18 heavy (non-hydrogen) atoms. The molecule has 1 unspecified atom stereocenters. The van der Waals surface area contributed by atoms with Crippen LogP contribution in [0.1, 0.15) is 19.3 Å². The van der Waals surface area contributed by atoms with Crippen LogP contribution in [0.4, 0.5) is 5.69 Å². The van der Waals surface area contributed by atoms with E-state index in [-0.39, 0.29) is 0 Å². The molecular formula is C14H18Cl2N2. The van der Waals surface area contributed by atoms with Gasteiger partial charge in [-0.2, -0.15) is 0 Å². The SMILES string of the molecule is Clc1ccc(N2CCN3CCCCC3C2)cc1Cl. The average Bonchev–Trinajstić information content (AvgIpc) is 2.41. The van der Waals surface area contributed by atoms with Crippen LogP contribution in [0.25, 0.3) is 0 Å². The first-order valence-electron chi connectivity index (χ1n) is 6.68. The Labute approximate surface area is 118 Å². The van der Waals surface area contributed by atoms with Gasteiger partial charge in [0.15, 0.2) is 0 Å². The first-order valence-corrected chi connectivity index (χ1v) is 7.44. The third-order valence-corrected chi connectivity index (χ3v) is 4.84. The molecule has 4 heteroatoms. The normalized spacial score (nSPS) is 25.0. The number of nitrogens with zero attached hydrogens (tertiary/aromatic N) is 2. The van der Waals surface area contributed by atoms with Crippen LogP contribution in [0.15, 0.2) is 18.2 Å². The lowest BCUT2D eigenvalue weighted by Gasteiger charge is -2.45. The number of hydrogen-bond donors (Lipinski definition) is 0. The predicted octanol–water partition coefficient (Wildman–Crippen LogP) is 3.67. The highest BCUT2D eigenvalue weighted by Gasteiger charge is 2.28. The molecule has 0 amide bonds. The number of benzene rings is 1. The average molecular weight is 285 g/mol. The van der Waals surface area contributed by atoms with Crippen LogP contribution in [-0.2, 0) is 0 Å². The second-order valence-corrected chi connectivity index (χ2v) is 6.04. The summed E-state index contributed by atoms with van der Waals surface area (Å²) in [6, 6.07) is 6.68. The molecule has 2 heterocycles. The van der Waals surface area contributed by atoms with E-state index in [1.807, 2.05) is 12.1 Å². The van der Waals surface area contributed by atoms with E-state index >= 15 is 0 Å². The highest BCUT2D eigenvalue weighted by atomic mass is 35.5. The van der Waals surface area contributed by atoms with Gasteiger partial charge in [0.2, 0.25) is 0 Å². The summed E-state index contributed by atoms with van der Waals surface area (Å²) >= 11 is 12.1. The van der Waals surface area contributed by atoms with E-state index < -0.39 is 0 Å². The molecule has 3 rings (SSSR count). The summed E-state index contributed by atoms with van der Waals surface area (Å²) in [6.45, 7) is 4.66. The molecule has 1 atom stereocenters. The van der Waals surface area contributed by atoms with Crippen LogP contribution >= 0.6 is 23.2 Å². The maximum atomic E-state index is 6.10. The van der Waals surface area contributed by atoms with Crippen LogP contribution in [-0.4, -0.2) is 37.1 Å². The van der Waals surface area contributed by atoms with Gasteiger partial charge in [0.05, 0.1) is 10.0 Å². The Morgan fingerprint density at radius 3 is 2.72 bits per heavy atom. The highest BCUT2D eigenvalue weighted by Crippen LogP contribution is 2.30.